The molecule has 0 bridgehead atoms. The molecule has 0 saturated heterocycles. The zero-order valence-electron chi connectivity index (χ0n) is 16.4. The average Bonchev–Trinajstić information content (AvgIpc) is 3.25. The third kappa shape index (κ3) is 4.76. The first-order chi connectivity index (χ1) is 13.8. The number of carbonyl (C=O) groups excluding carboxylic acids is 2. The van der Waals surface area contributed by atoms with Gasteiger partial charge in [0.15, 0.2) is 10.9 Å². The van der Waals surface area contributed by atoms with Crippen molar-refractivity contribution in [3.8, 4) is 0 Å². The summed E-state index contributed by atoms with van der Waals surface area (Å²) >= 11 is 4.62. The van der Waals surface area contributed by atoms with Gasteiger partial charge >= 0.3 is 0 Å². The summed E-state index contributed by atoms with van der Waals surface area (Å²) in [6.45, 7) is 6.13. The zero-order valence-corrected chi connectivity index (χ0v) is 18.9. The Morgan fingerprint density at radius 2 is 1.97 bits per heavy atom. The number of nitrogens with zero attached hydrogens (tertiary/aromatic N) is 2. The molecule has 8 heteroatoms. The number of ketones is 1. The molecule has 150 valence electrons. The average molecular weight is 444 g/mol. The molecule has 0 spiro atoms. The van der Waals surface area contributed by atoms with Gasteiger partial charge in [0, 0.05) is 28.8 Å². The van der Waals surface area contributed by atoms with E-state index in [-0.39, 0.29) is 17.1 Å². The number of aromatic nitrogens is 2. The van der Waals surface area contributed by atoms with Gasteiger partial charge in [-0.25, -0.2) is 9.97 Å². The Labute approximate surface area is 182 Å². The van der Waals surface area contributed by atoms with Crippen molar-refractivity contribution in [2.24, 2.45) is 5.41 Å². The Balaban J connectivity index is 1.39. The lowest BCUT2D eigenvalue weighted by molar-refractivity contribution is 0.0915. The highest BCUT2D eigenvalue weighted by molar-refractivity contribution is 8.00. The second-order valence-electron chi connectivity index (χ2n) is 7.93. The van der Waals surface area contributed by atoms with Crippen molar-refractivity contribution in [2.75, 3.05) is 5.32 Å². The van der Waals surface area contributed by atoms with Gasteiger partial charge in [-0.2, -0.15) is 0 Å². The Morgan fingerprint density at radius 1 is 1.21 bits per heavy atom. The van der Waals surface area contributed by atoms with Crippen LogP contribution in [-0.2, 0) is 12.2 Å². The third-order valence-corrected chi connectivity index (χ3v) is 7.90. The molecule has 1 aliphatic carbocycles. The van der Waals surface area contributed by atoms with Gasteiger partial charge in [0.25, 0.3) is 5.91 Å². The van der Waals surface area contributed by atoms with Gasteiger partial charge in [0.1, 0.15) is 4.34 Å². The van der Waals surface area contributed by atoms with Gasteiger partial charge in [-0.05, 0) is 36.5 Å². The van der Waals surface area contributed by atoms with Gasteiger partial charge in [-0.15, -0.1) is 11.3 Å². The van der Waals surface area contributed by atoms with E-state index in [1.165, 1.54) is 11.3 Å². The molecule has 29 heavy (non-hydrogen) atoms. The summed E-state index contributed by atoms with van der Waals surface area (Å²) < 4.78 is 1.05. The Kier molecular flexibility index (Phi) is 5.59. The highest BCUT2D eigenvalue weighted by atomic mass is 32.2. The lowest BCUT2D eigenvalue weighted by Crippen LogP contribution is -2.26. The summed E-state index contributed by atoms with van der Waals surface area (Å²) in [7, 11) is 0. The Hall–Kier alpha value is -2.03. The number of hydrogen-bond donors (Lipinski definition) is 1. The smallest absolute Gasteiger partial charge is 0.257 e. The fourth-order valence-electron chi connectivity index (χ4n) is 3.24. The monoisotopic (exact) mass is 443 g/mol. The number of benzene rings is 1. The zero-order chi connectivity index (χ0) is 20.6. The molecule has 0 radical (unpaired) electrons. The van der Waals surface area contributed by atoms with E-state index in [0.29, 0.717) is 22.0 Å². The summed E-state index contributed by atoms with van der Waals surface area (Å²) in [5.41, 5.74) is 3.47. The predicted octanol–water partition coefficient (Wildman–Crippen LogP) is 5.61. The Bertz CT molecular complexity index is 1070. The first-order valence-electron chi connectivity index (χ1n) is 9.27. The molecule has 1 amide bonds. The molecule has 1 N–H and O–H groups in total. The SMILES string of the molecule is Cc1csc(SCc2ccc(C(=O)Nc3nc4c(s3)C(=O)CC(C)(C)C4)cc2)n1. The maximum Gasteiger partial charge on any atom is 0.257 e. The molecule has 0 aliphatic heterocycles. The highest BCUT2D eigenvalue weighted by Gasteiger charge is 2.34. The van der Waals surface area contributed by atoms with Crippen LogP contribution in [-0.4, -0.2) is 21.7 Å². The topological polar surface area (TPSA) is 72.0 Å². The fourth-order valence-corrected chi connectivity index (χ4v) is 5.96. The van der Waals surface area contributed by atoms with Crippen LogP contribution in [0.15, 0.2) is 34.0 Å². The maximum atomic E-state index is 12.6. The number of thioether (sulfide) groups is 1. The number of fused-ring (bicyclic) bond motifs is 1. The molecule has 2 heterocycles. The van der Waals surface area contributed by atoms with Crippen LogP contribution in [0.5, 0.6) is 0 Å². The third-order valence-electron chi connectivity index (χ3n) is 4.63. The molecule has 0 unspecified atom stereocenters. The van der Waals surface area contributed by atoms with Crippen molar-refractivity contribution in [2.45, 2.75) is 43.7 Å². The van der Waals surface area contributed by atoms with Crippen molar-refractivity contribution in [1.29, 1.82) is 0 Å². The summed E-state index contributed by atoms with van der Waals surface area (Å²) in [4.78, 5) is 34.5. The van der Waals surface area contributed by atoms with Crippen LogP contribution < -0.4 is 5.32 Å². The summed E-state index contributed by atoms with van der Waals surface area (Å²) in [6, 6.07) is 7.56. The standard InChI is InChI=1S/C21H21N3O2S3/c1-12-10-27-20(22-12)28-11-13-4-6-14(7-5-13)18(26)24-19-23-15-8-21(2,3)9-16(25)17(15)29-19/h4-7,10H,8-9,11H2,1-3H3,(H,23,24,26). The summed E-state index contributed by atoms with van der Waals surface area (Å²) in [6.07, 6.45) is 1.28. The van der Waals surface area contributed by atoms with Crippen molar-refractivity contribution in [1.82, 2.24) is 9.97 Å². The number of amides is 1. The highest BCUT2D eigenvalue weighted by Crippen LogP contribution is 2.38. The molecular weight excluding hydrogens is 422 g/mol. The number of hydrogen-bond acceptors (Lipinski definition) is 7. The number of thiazole rings is 2. The van der Waals surface area contributed by atoms with E-state index in [1.54, 1.807) is 23.1 Å². The molecular formula is C21H21N3O2S3. The molecule has 5 nitrogen and oxygen atoms in total. The predicted molar refractivity (Wildman–Crippen MR) is 119 cm³/mol. The number of rotatable bonds is 5. The molecule has 3 aromatic rings. The van der Waals surface area contributed by atoms with Gasteiger partial charge < -0.3 is 0 Å². The normalized spacial score (nSPS) is 15.2. The quantitative estimate of drug-likeness (QED) is 0.519. The van der Waals surface area contributed by atoms with Crippen LogP contribution in [0, 0.1) is 12.3 Å². The number of aryl methyl sites for hydroxylation is 1. The van der Waals surface area contributed by atoms with E-state index in [4.69, 9.17) is 0 Å². The number of nitrogens with one attached hydrogen (secondary N) is 1. The van der Waals surface area contributed by atoms with Gasteiger partial charge in [0.2, 0.25) is 0 Å². The minimum Gasteiger partial charge on any atom is -0.298 e. The van der Waals surface area contributed by atoms with Crippen LogP contribution in [0.1, 0.15) is 57.2 Å². The van der Waals surface area contributed by atoms with Crippen LogP contribution in [0.25, 0.3) is 0 Å². The lowest BCUT2D eigenvalue weighted by atomic mass is 9.78. The molecule has 0 saturated carbocycles. The van der Waals surface area contributed by atoms with E-state index >= 15 is 0 Å². The molecule has 0 fully saturated rings. The second-order valence-corrected chi connectivity index (χ2v) is 11.0. The van der Waals surface area contributed by atoms with E-state index in [0.717, 1.165) is 33.5 Å². The summed E-state index contributed by atoms with van der Waals surface area (Å²) in [5, 5.41) is 5.38. The summed E-state index contributed by atoms with van der Waals surface area (Å²) in [5.74, 6) is 0.718. The molecule has 2 aromatic heterocycles. The minimum absolute atomic E-state index is 0.0788. The van der Waals surface area contributed by atoms with Crippen molar-refractivity contribution < 1.29 is 9.59 Å². The molecule has 4 rings (SSSR count). The first kappa shape index (κ1) is 20.3. The van der Waals surface area contributed by atoms with Crippen LogP contribution in [0.4, 0.5) is 5.13 Å². The van der Waals surface area contributed by atoms with E-state index in [1.807, 2.05) is 36.6 Å². The largest absolute Gasteiger partial charge is 0.298 e. The maximum absolute atomic E-state index is 12.6. The van der Waals surface area contributed by atoms with Crippen molar-refractivity contribution >= 4 is 51.3 Å². The second kappa shape index (κ2) is 8.01. The number of Topliss-reactive ketones (excluding diaryl/α,β-unsaturated/α-hetero) is 1. The minimum atomic E-state index is -0.211. The van der Waals surface area contributed by atoms with E-state index in [2.05, 4.69) is 29.1 Å². The van der Waals surface area contributed by atoms with Crippen LogP contribution in [0.3, 0.4) is 0 Å². The first-order valence-corrected chi connectivity index (χ1v) is 12.0. The number of carbonyl (C=O) groups is 2. The lowest BCUT2D eigenvalue weighted by Gasteiger charge is -2.26. The molecule has 1 aromatic carbocycles. The molecule has 1 aliphatic rings. The van der Waals surface area contributed by atoms with Crippen LogP contribution in [0.2, 0.25) is 0 Å². The van der Waals surface area contributed by atoms with Crippen molar-refractivity contribution in [3.05, 3.63) is 57.0 Å². The van der Waals surface area contributed by atoms with Crippen LogP contribution >= 0.6 is 34.4 Å². The van der Waals surface area contributed by atoms with Gasteiger partial charge in [0.05, 0.1) is 10.6 Å². The van der Waals surface area contributed by atoms with Gasteiger partial charge in [-0.1, -0.05) is 49.1 Å². The van der Waals surface area contributed by atoms with E-state index in [9.17, 15) is 9.59 Å². The Morgan fingerprint density at radius 3 is 2.66 bits per heavy atom. The number of anilines is 1. The molecule has 0 atom stereocenters. The van der Waals surface area contributed by atoms with E-state index < -0.39 is 0 Å². The fraction of sp³-hybridized carbons (Fsp3) is 0.333. The van der Waals surface area contributed by atoms with Crippen molar-refractivity contribution in [3.63, 3.8) is 0 Å². The van der Waals surface area contributed by atoms with Gasteiger partial charge in [-0.3, -0.25) is 14.9 Å².